The molecule has 1 aliphatic heterocycles. The van der Waals surface area contributed by atoms with Crippen LogP contribution in [0.4, 0.5) is 4.79 Å². The summed E-state index contributed by atoms with van der Waals surface area (Å²) in [6.45, 7) is 2.29. The summed E-state index contributed by atoms with van der Waals surface area (Å²) < 4.78 is 0. The Kier molecular flexibility index (Phi) is 5.70. The molecule has 7 nitrogen and oxygen atoms in total. The Balaban J connectivity index is 1.28. The molecule has 5 rings (SSSR count). The van der Waals surface area contributed by atoms with E-state index >= 15 is 0 Å². The quantitative estimate of drug-likeness (QED) is 0.482. The van der Waals surface area contributed by atoms with Crippen molar-refractivity contribution in [2.75, 3.05) is 13.1 Å². The van der Waals surface area contributed by atoms with Gasteiger partial charge in [-0.05, 0) is 54.7 Å². The number of urea groups is 1. The van der Waals surface area contributed by atoms with Crippen molar-refractivity contribution in [2.45, 2.75) is 44.1 Å². The summed E-state index contributed by atoms with van der Waals surface area (Å²) in [5, 5.41) is 8.99. The number of rotatable bonds is 6. The van der Waals surface area contributed by atoms with Gasteiger partial charge in [0, 0.05) is 34.4 Å². The molecule has 0 bridgehead atoms. The van der Waals surface area contributed by atoms with E-state index in [0.717, 1.165) is 39.1 Å². The Hall–Kier alpha value is -3.13. The van der Waals surface area contributed by atoms with Gasteiger partial charge >= 0.3 is 6.03 Å². The van der Waals surface area contributed by atoms with E-state index in [9.17, 15) is 14.4 Å². The van der Waals surface area contributed by atoms with Gasteiger partial charge in [0.15, 0.2) is 0 Å². The molecule has 3 aromatic rings. The minimum atomic E-state index is -0.826. The maximum absolute atomic E-state index is 13.1. The molecule has 172 valence electrons. The third-order valence-electron chi connectivity index (χ3n) is 7.06. The Morgan fingerprint density at radius 1 is 1.21 bits per heavy atom. The molecular formula is C25H28N4O3S. The third kappa shape index (κ3) is 4.04. The molecule has 0 radical (unpaired) electrons. The van der Waals surface area contributed by atoms with Crippen molar-refractivity contribution in [3.05, 3.63) is 58.4 Å². The average Bonchev–Trinajstić information content (AvgIpc) is 3.54. The summed E-state index contributed by atoms with van der Waals surface area (Å²) in [5.41, 5.74) is 1.33. The van der Waals surface area contributed by atoms with Crippen molar-refractivity contribution >= 4 is 40.1 Å². The van der Waals surface area contributed by atoms with Gasteiger partial charge in [-0.2, -0.15) is 0 Å². The Labute approximate surface area is 196 Å². The molecule has 1 aromatic carbocycles. The molecule has 2 fully saturated rings. The van der Waals surface area contributed by atoms with E-state index in [1.165, 1.54) is 0 Å². The maximum Gasteiger partial charge on any atom is 0.325 e. The van der Waals surface area contributed by atoms with E-state index in [2.05, 4.69) is 34.7 Å². The van der Waals surface area contributed by atoms with Crippen LogP contribution in [0.3, 0.4) is 0 Å². The average molecular weight is 465 g/mol. The lowest BCUT2D eigenvalue weighted by Crippen LogP contribution is -2.50. The van der Waals surface area contributed by atoms with E-state index < -0.39 is 11.6 Å². The first kappa shape index (κ1) is 21.7. The van der Waals surface area contributed by atoms with E-state index in [-0.39, 0.29) is 24.3 Å². The first-order valence-corrected chi connectivity index (χ1v) is 12.3. The first-order valence-electron chi connectivity index (χ1n) is 11.5. The molecule has 1 spiro atoms. The fourth-order valence-corrected chi connectivity index (χ4v) is 5.91. The molecule has 2 aromatic heterocycles. The fourth-order valence-electron chi connectivity index (χ4n) is 5.06. The third-order valence-corrected chi connectivity index (χ3v) is 8.05. The SMILES string of the molecule is CC1CCC2(CC1)NC(=O)N(CC(=O)NCC(c1cccs1)c1c[nH]c3ccccc13)C2=O. The lowest BCUT2D eigenvalue weighted by atomic mass is 9.77. The molecule has 1 saturated carbocycles. The summed E-state index contributed by atoms with van der Waals surface area (Å²) in [6.07, 6.45) is 5.07. The zero-order valence-corrected chi connectivity index (χ0v) is 19.4. The summed E-state index contributed by atoms with van der Waals surface area (Å²) in [5.74, 6) is -0.0714. The van der Waals surface area contributed by atoms with E-state index in [1.807, 2.05) is 35.8 Å². The van der Waals surface area contributed by atoms with Crippen LogP contribution in [0.1, 0.15) is 49.0 Å². The minimum absolute atomic E-state index is 0.0284. The van der Waals surface area contributed by atoms with Gasteiger partial charge in [-0.1, -0.05) is 31.2 Å². The van der Waals surface area contributed by atoms with Crippen molar-refractivity contribution in [1.82, 2.24) is 20.5 Å². The predicted molar refractivity (Wildman–Crippen MR) is 128 cm³/mol. The predicted octanol–water partition coefficient (Wildman–Crippen LogP) is 3.98. The smallest absolute Gasteiger partial charge is 0.325 e. The molecule has 33 heavy (non-hydrogen) atoms. The topological polar surface area (TPSA) is 94.3 Å². The number of hydrogen-bond donors (Lipinski definition) is 3. The maximum atomic E-state index is 13.1. The van der Waals surface area contributed by atoms with Gasteiger partial charge in [0.1, 0.15) is 12.1 Å². The van der Waals surface area contributed by atoms with Crippen LogP contribution in [0.2, 0.25) is 0 Å². The Bertz CT molecular complexity index is 1180. The number of imide groups is 1. The number of carbonyl (C=O) groups excluding carboxylic acids is 3. The largest absolute Gasteiger partial charge is 0.361 e. The summed E-state index contributed by atoms with van der Waals surface area (Å²) in [6, 6.07) is 11.7. The number of para-hydroxylation sites is 1. The van der Waals surface area contributed by atoms with Crippen LogP contribution in [-0.2, 0) is 9.59 Å². The number of thiophene rings is 1. The van der Waals surface area contributed by atoms with Crippen LogP contribution < -0.4 is 10.6 Å². The number of aromatic nitrogens is 1. The number of hydrogen-bond acceptors (Lipinski definition) is 4. The summed E-state index contributed by atoms with van der Waals surface area (Å²) >= 11 is 1.64. The minimum Gasteiger partial charge on any atom is -0.361 e. The van der Waals surface area contributed by atoms with Gasteiger partial charge in [0.05, 0.1) is 0 Å². The number of fused-ring (bicyclic) bond motifs is 1. The highest BCUT2D eigenvalue weighted by Crippen LogP contribution is 2.36. The van der Waals surface area contributed by atoms with E-state index in [4.69, 9.17) is 0 Å². The molecule has 4 amide bonds. The molecule has 3 N–H and O–H groups in total. The second-order valence-corrected chi connectivity index (χ2v) is 10.2. The van der Waals surface area contributed by atoms with Gasteiger partial charge in [-0.25, -0.2) is 4.79 Å². The van der Waals surface area contributed by atoms with Crippen LogP contribution in [0.25, 0.3) is 10.9 Å². The summed E-state index contributed by atoms with van der Waals surface area (Å²) in [7, 11) is 0. The van der Waals surface area contributed by atoms with Crippen molar-refractivity contribution < 1.29 is 14.4 Å². The highest BCUT2D eigenvalue weighted by atomic mass is 32.1. The number of benzene rings is 1. The van der Waals surface area contributed by atoms with E-state index in [1.54, 1.807) is 11.3 Å². The number of aromatic amines is 1. The number of amides is 4. The zero-order chi connectivity index (χ0) is 23.0. The number of nitrogens with zero attached hydrogens (tertiary/aromatic N) is 1. The highest BCUT2D eigenvalue weighted by Gasteiger charge is 2.52. The molecule has 8 heteroatoms. The van der Waals surface area contributed by atoms with E-state index in [0.29, 0.717) is 25.3 Å². The lowest BCUT2D eigenvalue weighted by Gasteiger charge is -2.33. The first-order chi connectivity index (χ1) is 16.0. The molecule has 1 saturated heterocycles. The number of carbonyl (C=O) groups is 3. The van der Waals surface area contributed by atoms with Crippen molar-refractivity contribution in [2.24, 2.45) is 5.92 Å². The van der Waals surface area contributed by atoms with Crippen molar-refractivity contribution in [3.63, 3.8) is 0 Å². The molecule has 1 atom stereocenters. The van der Waals surface area contributed by atoms with Crippen LogP contribution in [-0.4, -0.2) is 46.4 Å². The van der Waals surface area contributed by atoms with Gasteiger partial charge in [-0.15, -0.1) is 11.3 Å². The standard InChI is InChI=1S/C25H28N4O3S/c1-16-8-10-25(11-9-16)23(31)29(24(32)28-25)15-22(30)27-14-19(21-7-4-12-33-21)18-13-26-20-6-3-2-5-17(18)20/h2-7,12-13,16,19,26H,8-11,14-15H2,1H3,(H,27,30)(H,28,32). The molecule has 1 unspecified atom stereocenters. The Morgan fingerprint density at radius 3 is 2.76 bits per heavy atom. The van der Waals surface area contributed by atoms with Gasteiger partial charge < -0.3 is 15.6 Å². The van der Waals surface area contributed by atoms with Crippen LogP contribution >= 0.6 is 11.3 Å². The fraction of sp³-hybridized carbons (Fsp3) is 0.400. The van der Waals surface area contributed by atoms with Gasteiger partial charge in [0.2, 0.25) is 5.91 Å². The second-order valence-electron chi connectivity index (χ2n) is 9.25. The van der Waals surface area contributed by atoms with Crippen molar-refractivity contribution in [3.8, 4) is 0 Å². The van der Waals surface area contributed by atoms with Crippen molar-refractivity contribution in [1.29, 1.82) is 0 Å². The molecule has 3 heterocycles. The summed E-state index contributed by atoms with van der Waals surface area (Å²) in [4.78, 5) is 44.0. The van der Waals surface area contributed by atoms with Crippen LogP contribution in [0.15, 0.2) is 48.0 Å². The lowest BCUT2D eigenvalue weighted by molar-refractivity contribution is -0.136. The monoisotopic (exact) mass is 464 g/mol. The normalized spacial score (nSPS) is 23.8. The van der Waals surface area contributed by atoms with Crippen LogP contribution in [0.5, 0.6) is 0 Å². The second kappa shape index (κ2) is 8.67. The number of nitrogens with one attached hydrogen (secondary N) is 3. The molecule has 1 aliphatic carbocycles. The Morgan fingerprint density at radius 2 is 2.00 bits per heavy atom. The number of H-pyrrole nitrogens is 1. The van der Waals surface area contributed by atoms with Crippen LogP contribution in [0, 0.1) is 5.92 Å². The van der Waals surface area contributed by atoms with Gasteiger partial charge in [-0.3, -0.25) is 14.5 Å². The zero-order valence-electron chi connectivity index (χ0n) is 18.6. The van der Waals surface area contributed by atoms with Gasteiger partial charge in [0.25, 0.3) is 5.91 Å². The highest BCUT2D eigenvalue weighted by molar-refractivity contribution is 7.10. The molecule has 2 aliphatic rings. The molecular weight excluding hydrogens is 436 g/mol.